The molecule has 0 aromatic heterocycles. The summed E-state index contributed by atoms with van der Waals surface area (Å²) in [6, 6.07) is -0.834. The fraction of sp³-hybridized carbons (Fsp3) is 0.862. The van der Waals surface area contributed by atoms with E-state index in [4.69, 9.17) is 14.2 Å². The lowest BCUT2D eigenvalue weighted by Gasteiger charge is -2.40. The predicted octanol–water partition coefficient (Wildman–Crippen LogP) is 12.7. The van der Waals surface area contributed by atoms with Crippen LogP contribution < -0.4 is 5.32 Å². The van der Waals surface area contributed by atoms with E-state index in [1.165, 1.54) is 154 Å². The zero-order chi connectivity index (χ0) is 50.3. The number of esters is 1. The molecular formula is C58H107NO10. The SMILES string of the molecule is CC/C=C/CC/C=C/CC/C=C/C(O)C(COC1OC(CO)C(O)C(O)C1O)NC(=O)CCCCCCCCCCCCCCCCCCCCCCOC(=O)CCCCCCCCCCCCC. The van der Waals surface area contributed by atoms with Crippen LogP contribution in [0.15, 0.2) is 36.5 Å². The first kappa shape index (κ1) is 64.9. The van der Waals surface area contributed by atoms with Gasteiger partial charge in [0, 0.05) is 12.8 Å². The molecule has 1 fully saturated rings. The van der Waals surface area contributed by atoms with Gasteiger partial charge in [0.25, 0.3) is 0 Å². The summed E-state index contributed by atoms with van der Waals surface area (Å²) >= 11 is 0. The quantitative estimate of drug-likeness (QED) is 0.0196. The fourth-order valence-corrected chi connectivity index (χ4v) is 8.94. The van der Waals surface area contributed by atoms with Gasteiger partial charge in [0.2, 0.25) is 5.91 Å². The van der Waals surface area contributed by atoms with Gasteiger partial charge in [-0.25, -0.2) is 0 Å². The van der Waals surface area contributed by atoms with Gasteiger partial charge in [0.1, 0.15) is 24.4 Å². The number of carbonyl (C=O) groups is 2. The highest BCUT2D eigenvalue weighted by Gasteiger charge is 2.44. The van der Waals surface area contributed by atoms with Crippen molar-refractivity contribution in [1.29, 1.82) is 0 Å². The first-order chi connectivity index (χ1) is 33.7. The lowest BCUT2D eigenvalue weighted by molar-refractivity contribution is -0.302. The van der Waals surface area contributed by atoms with E-state index in [0.717, 1.165) is 77.0 Å². The van der Waals surface area contributed by atoms with Crippen molar-refractivity contribution >= 4 is 11.9 Å². The van der Waals surface area contributed by atoms with Crippen molar-refractivity contribution in [3.8, 4) is 0 Å². The largest absolute Gasteiger partial charge is 0.466 e. The Kier molecular flexibility index (Phi) is 45.3. The number of unbranched alkanes of at least 4 members (excludes halogenated alkanes) is 31. The summed E-state index contributed by atoms with van der Waals surface area (Å²) in [6.07, 6.45) is 48.2. The highest BCUT2D eigenvalue weighted by Crippen LogP contribution is 2.23. The Balaban J connectivity index is 2.05. The molecule has 0 aromatic carbocycles. The van der Waals surface area contributed by atoms with E-state index in [2.05, 4.69) is 43.5 Å². The molecule has 7 atom stereocenters. The van der Waals surface area contributed by atoms with Gasteiger partial charge in [-0.1, -0.05) is 230 Å². The molecule has 1 aliphatic rings. The molecule has 7 unspecified atom stereocenters. The molecule has 0 spiro atoms. The van der Waals surface area contributed by atoms with Gasteiger partial charge in [0.05, 0.1) is 32.0 Å². The molecule has 6 N–H and O–H groups in total. The molecule has 0 radical (unpaired) electrons. The highest BCUT2D eigenvalue weighted by molar-refractivity contribution is 5.76. The Morgan fingerprint density at radius 1 is 0.536 bits per heavy atom. The van der Waals surface area contributed by atoms with Crippen LogP contribution in [0.25, 0.3) is 0 Å². The summed E-state index contributed by atoms with van der Waals surface area (Å²) in [5.41, 5.74) is 0. The summed E-state index contributed by atoms with van der Waals surface area (Å²) < 4.78 is 16.6. The lowest BCUT2D eigenvalue weighted by Crippen LogP contribution is -2.60. The zero-order valence-electron chi connectivity index (χ0n) is 44.3. The Morgan fingerprint density at radius 2 is 0.957 bits per heavy atom. The van der Waals surface area contributed by atoms with Crippen LogP contribution in [0.3, 0.4) is 0 Å². The highest BCUT2D eigenvalue weighted by atomic mass is 16.7. The molecule has 0 saturated carbocycles. The molecule has 69 heavy (non-hydrogen) atoms. The molecule has 11 heteroatoms. The van der Waals surface area contributed by atoms with Crippen LogP contribution in [0.2, 0.25) is 0 Å². The normalized spacial score (nSPS) is 19.6. The molecule has 0 bridgehead atoms. The van der Waals surface area contributed by atoms with Crippen LogP contribution in [0.4, 0.5) is 0 Å². The van der Waals surface area contributed by atoms with Gasteiger partial charge in [0.15, 0.2) is 6.29 Å². The Hall–Kier alpha value is -2.12. The van der Waals surface area contributed by atoms with Gasteiger partial charge in [-0.15, -0.1) is 0 Å². The molecule has 11 nitrogen and oxygen atoms in total. The third-order valence-corrected chi connectivity index (χ3v) is 13.5. The zero-order valence-corrected chi connectivity index (χ0v) is 44.3. The number of nitrogens with one attached hydrogen (secondary N) is 1. The van der Waals surface area contributed by atoms with Crippen LogP contribution in [-0.4, -0.2) is 100 Å². The number of aliphatic hydroxyl groups excluding tert-OH is 5. The summed E-state index contributed by atoms with van der Waals surface area (Å²) in [4.78, 5) is 25.0. The number of amides is 1. The van der Waals surface area contributed by atoms with Crippen LogP contribution in [0.1, 0.15) is 258 Å². The molecule has 404 valence electrons. The third kappa shape index (κ3) is 38.2. The first-order valence-corrected chi connectivity index (χ1v) is 28.8. The molecule has 1 heterocycles. The van der Waals surface area contributed by atoms with E-state index in [-0.39, 0.29) is 18.5 Å². The summed E-state index contributed by atoms with van der Waals surface area (Å²) in [5, 5.41) is 54.2. The van der Waals surface area contributed by atoms with E-state index in [0.29, 0.717) is 19.4 Å². The Bertz CT molecular complexity index is 1240. The maximum absolute atomic E-state index is 13.0. The van der Waals surface area contributed by atoms with Gasteiger partial charge in [-0.05, 0) is 51.4 Å². The molecule has 1 rings (SSSR count). The van der Waals surface area contributed by atoms with Gasteiger partial charge in [-0.2, -0.15) is 0 Å². The number of hydrogen-bond donors (Lipinski definition) is 6. The van der Waals surface area contributed by atoms with Crippen LogP contribution in [-0.2, 0) is 23.8 Å². The fourth-order valence-electron chi connectivity index (χ4n) is 8.94. The Morgan fingerprint density at radius 3 is 1.42 bits per heavy atom. The van der Waals surface area contributed by atoms with E-state index in [9.17, 15) is 35.1 Å². The van der Waals surface area contributed by atoms with Crippen molar-refractivity contribution in [2.45, 2.75) is 301 Å². The summed E-state index contributed by atoms with van der Waals surface area (Å²) in [5.74, 6) is -0.206. The van der Waals surface area contributed by atoms with Crippen molar-refractivity contribution in [3.63, 3.8) is 0 Å². The number of ether oxygens (including phenoxy) is 3. The van der Waals surface area contributed by atoms with Crippen molar-refractivity contribution in [2.24, 2.45) is 0 Å². The van der Waals surface area contributed by atoms with E-state index in [1.54, 1.807) is 6.08 Å². The van der Waals surface area contributed by atoms with E-state index < -0.39 is 49.5 Å². The van der Waals surface area contributed by atoms with Crippen LogP contribution >= 0.6 is 0 Å². The maximum atomic E-state index is 13.0. The van der Waals surface area contributed by atoms with Gasteiger partial charge >= 0.3 is 5.97 Å². The topological polar surface area (TPSA) is 175 Å². The Labute approximate surface area is 422 Å². The van der Waals surface area contributed by atoms with Crippen LogP contribution in [0.5, 0.6) is 0 Å². The molecule has 1 saturated heterocycles. The summed E-state index contributed by atoms with van der Waals surface area (Å²) in [6.45, 7) is 4.19. The number of carbonyl (C=O) groups excluding carboxylic acids is 2. The van der Waals surface area contributed by atoms with Crippen LogP contribution in [0, 0.1) is 0 Å². The second kappa shape index (κ2) is 48.2. The standard InChI is InChI=1S/C58H107NO10/c1-3-5-7-9-11-13-25-30-34-38-42-46-54(63)67-47-43-39-35-31-27-24-22-20-18-16-15-17-19-21-23-26-29-33-37-41-45-53(62)59-50(49-68-58-57(66)56(65)55(64)52(48-60)69-58)51(61)44-40-36-32-28-14-12-10-8-6-4-2/h6,8,14,28,40,44,50-52,55-58,60-61,64-66H,3-5,7,9-13,15-27,29-39,41-43,45-49H2,1-2H3,(H,59,62)/b8-6+,28-14+,44-40+. The van der Waals surface area contributed by atoms with E-state index >= 15 is 0 Å². The third-order valence-electron chi connectivity index (χ3n) is 13.5. The molecule has 0 aromatic rings. The molecular weight excluding hydrogens is 871 g/mol. The lowest BCUT2D eigenvalue weighted by atomic mass is 9.99. The molecule has 1 aliphatic heterocycles. The minimum atomic E-state index is -1.58. The first-order valence-electron chi connectivity index (χ1n) is 28.8. The van der Waals surface area contributed by atoms with Crippen molar-refractivity contribution in [3.05, 3.63) is 36.5 Å². The predicted molar refractivity (Wildman–Crippen MR) is 283 cm³/mol. The molecule has 1 amide bonds. The van der Waals surface area contributed by atoms with Crippen molar-refractivity contribution in [2.75, 3.05) is 19.8 Å². The maximum Gasteiger partial charge on any atom is 0.305 e. The van der Waals surface area contributed by atoms with Gasteiger partial charge < -0.3 is 45.1 Å². The number of rotatable bonds is 49. The monoisotopic (exact) mass is 978 g/mol. The number of hydrogen-bond acceptors (Lipinski definition) is 10. The van der Waals surface area contributed by atoms with Crippen molar-refractivity contribution < 1.29 is 49.3 Å². The average Bonchev–Trinajstić information content (AvgIpc) is 3.34. The number of aliphatic hydroxyl groups is 5. The van der Waals surface area contributed by atoms with Gasteiger partial charge in [-0.3, -0.25) is 9.59 Å². The van der Waals surface area contributed by atoms with Crippen molar-refractivity contribution in [1.82, 2.24) is 5.32 Å². The smallest absolute Gasteiger partial charge is 0.305 e. The minimum absolute atomic E-state index is 0.00501. The second-order valence-corrected chi connectivity index (χ2v) is 20.0. The summed E-state index contributed by atoms with van der Waals surface area (Å²) in [7, 11) is 0. The number of allylic oxidation sites excluding steroid dienone is 5. The molecule has 0 aliphatic carbocycles. The average molecular weight is 978 g/mol. The van der Waals surface area contributed by atoms with E-state index in [1.807, 2.05) is 6.08 Å². The minimum Gasteiger partial charge on any atom is -0.466 e. The second-order valence-electron chi connectivity index (χ2n) is 20.0.